The van der Waals surface area contributed by atoms with Crippen LogP contribution in [0.15, 0.2) is 18.2 Å². The highest BCUT2D eigenvalue weighted by Crippen LogP contribution is 2.19. The monoisotopic (exact) mass is 289 g/mol. The summed E-state index contributed by atoms with van der Waals surface area (Å²) in [4.78, 5) is 2.40. The van der Waals surface area contributed by atoms with E-state index in [1.165, 1.54) is 0 Å². The van der Waals surface area contributed by atoms with Crippen LogP contribution in [-0.2, 0) is 11.3 Å². The lowest BCUT2D eigenvalue weighted by Crippen LogP contribution is -2.46. The topological polar surface area (TPSA) is 57.5 Å². The van der Waals surface area contributed by atoms with Gasteiger partial charge in [-0.1, -0.05) is 13.0 Å². The summed E-state index contributed by atoms with van der Waals surface area (Å²) in [6.45, 7) is 7.66. The van der Waals surface area contributed by atoms with Gasteiger partial charge in [-0.3, -0.25) is 4.90 Å². The third kappa shape index (κ3) is 4.43. The Morgan fingerprint density at radius 1 is 1.52 bits per heavy atom. The van der Waals surface area contributed by atoms with Gasteiger partial charge in [0.05, 0.1) is 25.4 Å². The minimum atomic E-state index is 0.249. The van der Waals surface area contributed by atoms with E-state index in [2.05, 4.69) is 23.2 Å². The number of hydrogen-bond acceptors (Lipinski definition) is 5. The Labute approximate surface area is 126 Å². The van der Waals surface area contributed by atoms with E-state index in [-0.39, 0.29) is 6.10 Å². The van der Waals surface area contributed by atoms with E-state index in [1.807, 2.05) is 12.1 Å². The van der Waals surface area contributed by atoms with Crippen molar-refractivity contribution in [1.82, 2.24) is 10.2 Å². The van der Waals surface area contributed by atoms with Crippen LogP contribution in [0.25, 0.3) is 0 Å². The molecule has 0 bridgehead atoms. The molecule has 2 rings (SSSR count). The Morgan fingerprint density at radius 2 is 2.38 bits per heavy atom. The molecule has 0 amide bonds. The van der Waals surface area contributed by atoms with Crippen molar-refractivity contribution in [3.63, 3.8) is 0 Å². The van der Waals surface area contributed by atoms with E-state index < -0.39 is 0 Å². The van der Waals surface area contributed by atoms with Crippen LogP contribution < -0.4 is 10.1 Å². The maximum Gasteiger partial charge on any atom is 0.136 e. The molecular weight excluding hydrogens is 266 g/mol. The molecule has 5 nitrogen and oxygen atoms in total. The van der Waals surface area contributed by atoms with Crippen molar-refractivity contribution in [1.29, 1.82) is 5.26 Å². The third-order valence-electron chi connectivity index (χ3n) is 3.76. The fourth-order valence-corrected chi connectivity index (χ4v) is 2.51. The maximum absolute atomic E-state index is 8.97. The molecule has 1 N–H and O–H groups in total. The van der Waals surface area contributed by atoms with Crippen molar-refractivity contribution in [2.45, 2.75) is 19.6 Å². The smallest absolute Gasteiger partial charge is 0.136 e. The number of methoxy groups -OCH3 is 1. The summed E-state index contributed by atoms with van der Waals surface area (Å²) in [5.74, 6) is 0.628. The summed E-state index contributed by atoms with van der Waals surface area (Å²) in [7, 11) is 1.59. The first-order valence-corrected chi connectivity index (χ1v) is 7.38. The zero-order valence-electron chi connectivity index (χ0n) is 12.8. The van der Waals surface area contributed by atoms with Crippen LogP contribution in [0, 0.1) is 11.3 Å². The number of nitriles is 1. The zero-order chi connectivity index (χ0) is 15.1. The average molecular weight is 289 g/mol. The molecule has 0 saturated carbocycles. The minimum Gasteiger partial charge on any atom is -0.495 e. The molecule has 1 saturated heterocycles. The van der Waals surface area contributed by atoms with Crippen molar-refractivity contribution >= 4 is 0 Å². The first-order chi connectivity index (χ1) is 10.3. The second-order valence-electron chi connectivity index (χ2n) is 5.16. The van der Waals surface area contributed by atoms with Gasteiger partial charge in [-0.25, -0.2) is 0 Å². The van der Waals surface area contributed by atoms with Gasteiger partial charge in [0.15, 0.2) is 0 Å². The lowest BCUT2D eigenvalue weighted by Gasteiger charge is -2.32. The van der Waals surface area contributed by atoms with Gasteiger partial charge in [-0.15, -0.1) is 0 Å². The molecular formula is C16H23N3O2. The van der Waals surface area contributed by atoms with Crippen LogP contribution in [0.3, 0.4) is 0 Å². The molecule has 1 aliphatic heterocycles. The van der Waals surface area contributed by atoms with Gasteiger partial charge in [-0.05, 0) is 24.2 Å². The Bertz CT molecular complexity index is 499. The molecule has 114 valence electrons. The van der Waals surface area contributed by atoms with Gasteiger partial charge in [-0.2, -0.15) is 5.26 Å². The molecule has 21 heavy (non-hydrogen) atoms. The quantitative estimate of drug-likeness (QED) is 0.857. The van der Waals surface area contributed by atoms with Gasteiger partial charge in [0.1, 0.15) is 11.8 Å². The van der Waals surface area contributed by atoms with Crippen LogP contribution in [0.5, 0.6) is 5.75 Å². The summed E-state index contributed by atoms with van der Waals surface area (Å²) in [6.07, 6.45) is 0.249. The van der Waals surface area contributed by atoms with Crippen molar-refractivity contribution in [2.75, 3.05) is 39.9 Å². The molecule has 1 aromatic rings. The molecule has 1 unspecified atom stereocenters. The van der Waals surface area contributed by atoms with Crippen LogP contribution in [0.1, 0.15) is 18.1 Å². The molecule has 1 atom stereocenters. The van der Waals surface area contributed by atoms with Gasteiger partial charge in [0.25, 0.3) is 0 Å². The molecule has 1 aliphatic rings. The predicted molar refractivity (Wildman–Crippen MR) is 81.3 cm³/mol. The number of likely N-dealkylation sites (N-methyl/N-ethyl adjacent to an activating group) is 1. The fourth-order valence-electron chi connectivity index (χ4n) is 2.51. The zero-order valence-corrected chi connectivity index (χ0v) is 12.8. The molecule has 1 heterocycles. The Kier molecular flexibility index (Phi) is 6.00. The maximum atomic E-state index is 8.97. The number of rotatable bonds is 6. The highest BCUT2D eigenvalue weighted by Gasteiger charge is 2.18. The second-order valence-corrected chi connectivity index (χ2v) is 5.16. The molecule has 0 radical (unpaired) electrons. The lowest BCUT2D eigenvalue weighted by molar-refractivity contribution is -0.0253. The Balaban J connectivity index is 1.82. The summed E-state index contributed by atoms with van der Waals surface area (Å²) >= 11 is 0. The summed E-state index contributed by atoms with van der Waals surface area (Å²) in [5.41, 5.74) is 1.67. The van der Waals surface area contributed by atoms with Gasteiger partial charge >= 0.3 is 0 Å². The summed E-state index contributed by atoms with van der Waals surface area (Å²) in [5, 5.41) is 12.4. The number of nitrogens with zero attached hydrogens (tertiary/aromatic N) is 2. The van der Waals surface area contributed by atoms with Crippen LogP contribution in [-0.4, -0.2) is 50.9 Å². The van der Waals surface area contributed by atoms with Gasteiger partial charge < -0.3 is 14.8 Å². The molecule has 0 spiro atoms. The van der Waals surface area contributed by atoms with Crippen LogP contribution in [0.4, 0.5) is 0 Å². The van der Waals surface area contributed by atoms with Crippen molar-refractivity contribution in [3.05, 3.63) is 29.3 Å². The van der Waals surface area contributed by atoms with Gasteiger partial charge in [0, 0.05) is 26.2 Å². The van der Waals surface area contributed by atoms with Crippen LogP contribution >= 0.6 is 0 Å². The van der Waals surface area contributed by atoms with E-state index in [0.717, 1.165) is 44.9 Å². The molecule has 1 aromatic carbocycles. The highest BCUT2D eigenvalue weighted by atomic mass is 16.5. The normalized spacial score (nSPS) is 19.2. The van der Waals surface area contributed by atoms with E-state index >= 15 is 0 Å². The van der Waals surface area contributed by atoms with E-state index in [4.69, 9.17) is 14.7 Å². The number of nitrogens with one attached hydrogen (secondary N) is 1. The van der Waals surface area contributed by atoms with Crippen LogP contribution in [0.2, 0.25) is 0 Å². The first-order valence-electron chi connectivity index (χ1n) is 7.38. The van der Waals surface area contributed by atoms with Gasteiger partial charge in [0.2, 0.25) is 0 Å². The minimum absolute atomic E-state index is 0.249. The summed E-state index contributed by atoms with van der Waals surface area (Å²) < 4.78 is 11.0. The largest absolute Gasteiger partial charge is 0.495 e. The predicted octanol–water partition coefficient (Wildman–Crippen LogP) is 1.38. The van der Waals surface area contributed by atoms with Crippen molar-refractivity contribution in [2.24, 2.45) is 0 Å². The number of benzene rings is 1. The first kappa shape index (κ1) is 15.8. The lowest BCUT2D eigenvalue weighted by atomic mass is 10.1. The van der Waals surface area contributed by atoms with Crippen molar-refractivity contribution < 1.29 is 9.47 Å². The number of morpholine rings is 1. The standard InChI is InChI=1S/C16H23N3O2/c1-3-19-6-7-21-15(12-19)11-18-10-13-4-5-14(9-17)16(8-13)20-2/h4-5,8,15,18H,3,6-7,10-12H2,1-2H3. The molecule has 5 heteroatoms. The second kappa shape index (κ2) is 7.99. The highest BCUT2D eigenvalue weighted by molar-refractivity contribution is 5.45. The molecule has 0 aromatic heterocycles. The van der Waals surface area contributed by atoms with E-state index in [9.17, 15) is 0 Å². The third-order valence-corrected chi connectivity index (χ3v) is 3.76. The number of ether oxygens (including phenoxy) is 2. The Morgan fingerprint density at radius 3 is 3.10 bits per heavy atom. The fraction of sp³-hybridized carbons (Fsp3) is 0.562. The van der Waals surface area contributed by atoms with E-state index in [1.54, 1.807) is 13.2 Å². The average Bonchev–Trinajstić information content (AvgIpc) is 2.55. The van der Waals surface area contributed by atoms with Crippen molar-refractivity contribution in [3.8, 4) is 11.8 Å². The summed E-state index contributed by atoms with van der Waals surface area (Å²) in [6, 6.07) is 7.78. The number of hydrogen-bond donors (Lipinski definition) is 1. The molecule has 1 fully saturated rings. The molecule has 0 aliphatic carbocycles. The SMILES string of the molecule is CCN1CCOC(CNCc2ccc(C#N)c(OC)c2)C1. The Hall–Kier alpha value is -1.61. The van der Waals surface area contributed by atoms with E-state index in [0.29, 0.717) is 11.3 Å².